The van der Waals surface area contributed by atoms with Crippen molar-refractivity contribution in [2.75, 3.05) is 6.54 Å². The van der Waals surface area contributed by atoms with Gasteiger partial charge in [0.2, 0.25) is 15.9 Å². The average Bonchev–Trinajstić information content (AvgIpc) is 3.55. The maximum absolute atomic E-state index is 13.9. The summed E-state index contributed by atoms with van der Waals surface area (Å²) in [5.41, 5.74) is 4.85. The molecule has 13 heteroatoms. The van der Waals surface area contributed by atoms with Gasteiger partial charge in [-0.05, 0) is 76.7 Å². The fraction of sp³-hybridized carbons (Fsp3) is 0.310. The first-order valence-electron chi connectivity index (χ1n) is 13.4. The van der Waals surface area contributed by atoms with Crippen molar-refractivity contribution < 1.29 is 23.1 Å². The van der Waals surface area contributed by atoms with Crippen molar-refractivity contribution in [2.24, 2.45) is 7.05 Å². The van der Waals surface area contributed by atoms with E-state index in [4.69, 9.17) is 16.3 Å². The predicted octanol–water partition coefficient (Wildman–Crippen LogP) is 5.51. The fourth-order valence-corrected chi connectivity index (χ4v) is 8.14. The molecule has 0 saturated heterocycles. The fourth-order valence-electron chi connectivity index (χ4n) is 5.61. The third kappa shape index (κ3) is 5.02. The van der Waals surface area contributed by atoms with Crippen LogP contribution in [0.5, 0.6) is 5.88 Å². The Bertz CT molecular complexity index is 1950. The number of nitrogens with zero attached hydrogens (tertiary/aromatic N) is 5. The Morgan fingerprint density at radius 3 is 2.81 bits per heavy atom. The van der Waals surface area contributed by atoms with Gasteiger partial charge < -0.3 is 9.84 Å². The lowest BCUT2D eigenvalue weighted by Gasteiger charge is -2.24. The van der Waals surface area contributed by atoms with Crippen molar-refractivity contribution in [2.45, 2.75) is 50.2 Å². The number of fused-ring (bicyclic) bond motifs is 3. The van der Waals surface area contributed by atoms with Gasteiger partial charge in [0.25, 0.3) is 0 Å². The number of benzene rings is 2. The van der Waals surface area contributed by atoms with E-state index in [0.717, 1.165) is 43.4 Å². The lowest BCUT2D eigenvalue weighted by molar-refractivity contribution is -0.137. The molecule has 0 bridgehead atoms. The van der Waals surface area contributed by atoms with Gasteiger partial charge in [0.15, 0.2) is 0 Å². The highest BCUT2D eigenvalue weighted by Gasteiger charge is 2.36. The topological polar surface area (TPSA) is 128 Å². The zero-order valence-electron chi connectivity index (χ0n) is 23.1. The van der Waals surface area contributed by atoms with Crippen LogP contribution in [0.3, 0.4) is 0 Å². The molecule has 0 fully saturated rings. The van der Waals surface area contributed by atoms with Gasteiger partial charge in [-0.3, -0.25) is 4.79 Å². The third-order valence-electron chi connectivity index (χ3n) is 7.78. The summed E-state index contributed by atoms with van der Waals surface area (Å²) in [7, 11) is -2.17. The van der Waals surface area contributed by atoms with Gasteiger partial charge in [0, 0.05) is 24.2 Å². The highest BCUT2D eigenvalue weighted by molar-refractivity contribution is 7.89. The van der Waals surface area contributed by atoms with Crippen molar-refractivity contribution in [1.82, 2.24) is 24.3 Å². The van der Waals surface area contributed by atoms with Crippen LogP contribution in [0.15, 0.2) is 52.7 Å². The average molecular weight is 626 g/mol. The summed E-state index contributed by atoms with van der Waals surface area (Å²) in [5.74, 6) is -1.42. The summed E-state index contributed by atoms with van der Waals surface area (Å²) in [4.78, 5) is 16.3. The number of rotatable bonds is 7. The molecule has 10 nitrogen and oxygen atoms in total. The molecule has 2 atom stereocenters. The number of aliphatic carboxylic acids is 1. The van der Waals surface area contributed by atoms with Crippen molar-refractivity contribution >= 4 is 60.0 Å². The summed E-state index contributed by atoms with van der Waals surface area (Å²) in [6, 6.07) is 12.6. The summed E-state index contributed by atoms with van der Waals surface area (Å²) >= 11 is 7.58. The first kappa shape index (κ1) is 28.5. The SMILES string of the molecule is CC[C@@H]1CN(Cc2cc([C@H](CC(=O)O)c3ccc4c(nnn4C)c3C)cc3ccsc23)S(=O)(=O)c2ccc(Cl)nc2O1. The Hall–Kier alpha value is -3.58. The predicted molar refractivity (Wildman–Crippen MR) is 161 cm³/mol. The molecular formula is C29H28ClN5O5S2. The molecule has 1 aliphatic heterocycles. The van der Waals surface area contributed by atoms with Gasteiger partial charge in [-0.2, -0.15) is 4.31 Å². The minimum Gasteiger partial charge on any atom is -0.481 e. The molecule has 4 heterocycles. The highest BCUT2D eigenvalue weighted by atomic mass is 35.5. The van der Waals surface area contributed by atoms with Gasteiger partial charge in [0.1, 0.15) is 21.7 Å². The maximum atomic E-state index is 13.9. The zero-order chi connectivity index (χ0) is 29.8. The summed E-state index contributed by atoms with van der Waals surface area (Å²) < 4.78 is 37.8. The van der Waals surface area contributed by atoms with E-state index in [0.29, 0.717) is 6.42 Å². The van der Waals surface area contributed by atoms with E-state index in [1.807, 2.05) is 56.6 Å². The Morgan fingerprint density at radius 2 is 2.05 bits per heavy atom. The van der Waals surface area contributed by atoms with Gasteiger partial charge in [-0.25, -0.2) is 18.1 Å². The van der Waals surface area contributed by atoms with E-state index in [-0.39, 0.29) is 35.4 Å². The molecule has 0 amide bonds. The van der Waals surface area contributed by atoms with E-state index in [9.17, 15) is 18.3 Å². The molecule has 218 valence electrons. The standard InChI is InChI=1S/C29H28ClN5O5S2/c1-4-20-15-35(42(38,39)24-7-8-25(30)31-29(24)40-20)14-19-12-18(11-17-9-10-41-28(17)19)22(13-26(36)37)21-5-6-23-27(16(21)2)32-33-34(23)3/h5-12,20,22H,4,13-15H2,1-3H3,(H,36,37)/t20-,22+/m1/s1. The molecule has 0 radical (unpaired) electrons. The summed E-state index contributed by atoms with van der Waals surface area (Å²) in [5, 5.41) is 21.4. The largest absolute Gasteiger partial charge is 0.481 e. The monoisotopic (exact) mass is 625 g/mol. The molecule has 3 aromatic heterocycles. The first-order valence-corrected chi connectivity index (χ1v) is 16.1. The number of hydrogen-bond acceptors (Lipinski definition) is 8. The van der Waals surface area contributed by atoms with Crippen molar-refractivity contribution in [3.63, 3.8) is 0 Å². The number of aryl methyl sites for hydroxylation is 2. The van der Waals surface area contributed by atoms with Crippen molar-refractivity contribution in [1.29, 1.82) is 0 Å². The first-order chi connectivity index (χ1) is 20.1. The number of thiophene rings is 1. The normalized spacial score (nSPS) is 17.6. The number of halogens is 1. The molecule has 5 aromatic rings. The molecule has 0 aliphatic carbocycles. The molecule has 42 heavy (non-hydrogen) atoms. The number of carboxylic acid groups (broad SMARTS) is 1. The Morgan fingerprint density at radius 1 is 1.24 bits per heavy atom. The van der Waals surface area contributed by atoms with Crippen molar-refractivity contribution in [3.8, 4) is 5.88 Å². The van der Waals surface area contributed by atoms with Gasteiger partial charge in [-0.15, -0.1) is 16.4 Å². The molecular weight excluding hydrogens is 598 g/mol. The van der Waals surface area contributed by atoms with Gasteiger partial charge >= 0.3 is 5.97 Å². The van der Waals surface area contributed by atoms with Crippen LogP contribution in [-0.4, -0.2) is 56.4 Å². The van der Waals surface area contributed by atoms with E-state index >= 15 is 0 Å². The van der Waals surface area contributed by atoms with E-state index in [1.165, 1.54) is 27.8 Å². The number of hydrogen-bond donors (Lipinski definition) is 1. The minimum absolute atomic E-state index is 0.00303. The zero-order valence-corrected chi connectivity index (χ0v) is 25.5. The molecule has 1 aliphatic rings. The minimum atomic E-state index is -3.98. The highest BCUT2D eigenvalue weighted by Crippen LogP contribution is 2.39. The number of carbonyl (C=O) groups is 1. The molecule has 1 N–H and O–H groups in total. The number of pyridine rings is 1. The summed E-state index contributed by atoms with van der Waals surface area (Å²) in [6.45, 7) is 4.07. The van der Waals surface area contributed by atoms with Gasteiger partial charge in [0.05, 0.1) is 18.5 Å². The molecule has 2 aromatic carbocycles. The van der Waals surface area contributed by atoms with Crippen LogP contribution < -0.4 is 4.74 Å². The lowest BCUT2D eigenvalue weighted by Crippen LogP contribution is -2.36. The summed E-state index contributed by atoms with van der Waals surface area (Å²) in [6.07, 6.45) is 0.00360. The third-order valence-corrected chi connectivity index (χ3v) is 10.8. The Kier molecular flexibility index (Phi) is 7.42. The van der Waals surface area contributed by atoms with Gasteiger partial charge in [-0.1, -0.05) is 35.9 Å². The van der Waals surface area contributed by atoms with Crippen molar-refractivity contribution in [3.05, 3.63) is 75.3 Å². The Labute approximate surface area is 251 Å². The van der Waals surface area contributed by atoms with Crippen LogP contribution in [0.4, 0.5) is 0 Å². The van der Waals surface area contributed by atoms with E-state index in [1.54, 1.807) is 4.68 Å². The second-order valence-electron chi connectivity index (χ2n) is 10.4. The maximum Gasteiger partial charge on any atom is 0.304 e. The number of sulfonamides is 1. The van der Waals surface area contributed by atoms with Crippen LogP contribution in [0.1, 0.15) is 47.9 Å². The van der Waals surface area contributed by atoms with Crippen LogP contribution in [0.2, 0.25) is 5.15 Å². The van der Waals surface area contributed by atoms with Crippen LogP contribution >= 0.6 is 22.9 Å². The molecule has 0 spiro atoms. The Balaban J connectivity index is 1.47. The van der Waals surface area contributed by atoms with E-state index < -0.39 is 28.0 Å². The molecule has 6 rings (SSSR count). The number of ether oxygens (including phenoxy) is 1. The van der Waals surface area contributed by atoms with Crippen LogP contribution in [-0.2, 0) is 28.4 Å². The smallest absolute Gasteiger partial charge is 0.304 e. The number of aromatic nitrogens is 4. The second-order valence-corrected chi connectivity index (χ2v) is 13.6. The van der Waals surface area contributed by atoms with E-state index in [2.05, 4.69) is 15.3 Å². The van der Waals surface area contributed by atoms with Crippen LogP contribution in [0, 0.1) is 6.92 Å². The van der Waals surface area contributed by atoms with Crippen LogP contribution in [0.25, 0.3) is 21.1 Å². The number of carboxylic acids is 1. The lowest BCUT2D eigenvalue weighted by atomic mass is 9.84. The second kappa shape index (κ2) is 10.9. The quantitative estimate of drug-likeness (QED) is 0.235. The molecule has 0 unspecified atom stereocenters. The molecule has 0 saturated carbocycles.